The third kappa shape index (κ3) is 2.08. The highest BCUT2D eigenvalue weighted by atomic mass is 16.5. The van der Waals surface area contributed by atoms with Gasteiger partial charge in [0.15, 0.2) is 0 Å². The van der Waals surface area contributed by atoms with Gasteiger partial charge in [0.2, 0.25) is 0 Å². The molecule has 1 saturated heterocycles. The zero-order valence-corrected chi connectivity index (χ0v) is 11.7. The molecular formula is C15H18N2O3. The molecular weight excluding hydrogens is 256 g/mol. The fourth-order valence-electron chi connectivity index (χ4n) is 2.80. The summed E-state index contributed by atoms with van der Waals surface area (Å²) in [6, 6.07) is 5.36. The van der Waals surface area contributed by atoms with Gasteiger partial charge < -0.3 is 14.4 Å². The van der Waals surface area contributed by atoms with Gasteiger partial charge >= 0.3 is 5.97 Å². The maximum atomic E-state index is 11.1. The number of carboxylic acid groups (broad SMARTS) is 1. The minimum Gasteiger partial charge on any atom is -0.478 e. The van der Waals surface area contributed by atoms with Crippen LogP contribution in [0.15, 0.2) is 18.2 Å². The van der Waals surface area contributed by atoms with Crippen LogP contribution in [0.4, 0.5) is 0 Å². The Morgan fingerprint density at radius 3 is 2.90 bits per heavy atom. The largest absolute Gasteiger partial charge is 0.478 e. The summed E-state index contributed by atoms with van der Waals surface area (Å²) in [6.07, 6.45) is 2.05. The van der Waals surface area contributed by atoms with Crippen LogP contribution in [0.5, 0.6) is 0 Å². The first kappa shape index (κ1) is 13.1. The SMILES string of the molecule is CC(C)n1c(C2CCCO2)nc2cc(C(=O)O)ccc21. The summed E-state index contributed by atoms with van der Waals surface area (Å²) in [4.78, 5) is 15.7. The Labute approximate surface area is 117 Å². The van der Waals surface area contributed by atoms with Crippen LogP contribution >= 0.6 is 0 Å². The molecule has 3 rings (SSSR count). The summed E-state index contributed by atoms with van der Waals surface area (Å²) in [6.45, 7) is 4.97. The van der Waals surface area contributed by atoms with Crippen molar-refractivity contribution in [1.29, 1.82) is 0 Å². The quantitative estimate of drug-likeness (QED) is 0.933. The first-order valence-corrected chi connectivity index (χ1v) is 6.94. The molecule has 0 saturated carbocycles. The standard InChI is InChI=1S/C15H18N2O3/c1-9(2)17-12-6-5-10(15(18)19)8-11(12)16-14(17)13-4-3-7-20-13/h5-6,8-9,13H,3-4,7H2,1-2H3,(H,18,19). The second-order valence-electron chi connectivity index (χ2n) is 5.44. The summed E-state index contributed by atoms with van der Waals surface area (Å²) in [5, 5.41) is 9.08. The van der Waals surface area contributed by atoms with Crippen LogP contribution in [-0.2, 0) is 4.74 Å². The minimum atomic E-state index is -0.926. The molecule has 1 aromatic heterocycles. The lowest BCUT2D eigenvalue weighted by Gasteiger charge is -2.16. The molecule has 1 aromatic carbocycles. The molecule has 1 aliphatic rings. The van der Waals surface area contributed by atoms with E-state index >= 15 is 0 Å². The minimum absolute atomic E-state index is 0.0260. The van der Waals surface area contributed by atoms with E-state index in [9.17, 15) is 4.79 Å². The summed E-state index contributed by atoms with van der Waals surface area (Å²) in [5.41, 5.74) is 1.96. The highest BCUT2D eigenvalue weighted by molar-refractivity contribution is 5.92. The molecule has 1 unspecified atom stereocenters. The number of rotatable bonds is 3. The number of aromatic nitrogens is 2. The van der Waals surface area contributed by atoms with Crippen molar-refractivity contribution in [1.82, 2.24) is 9.55 Å². The van der Waals surface area contributed by atoms with Crippen LogP contribution in [0, 0.1) is 0 Å². The molecule has 1 aliphatic heterocycles. The Morgan fingerprint density at radius 1 is 1.50 bits per heavy atom. The number of hydrogen-bond acceptors (Lipinski definition) is 3. The van der Waals surface area contributed by atoms with Crippen molar-refractivity contribution >= 4 is 17.0 Å². The van der Waals surface area contributed by atoms with Gasteiger partial charge in [-0.3, -0.25) is 0 Å². The summed E-state index contributed by atoms with van der Waals surface area (Å²) in [5.74, 6) is -0.0142. The lowest BCUT2D eigenvalue weighted by atomic mass is 10.2. The van der Waals surface area contributed by atoms with Gasteiger partial charge in [0.25, 0.3) is 0 Å². The van der Waals surface area contributed by atoms with Crippen LogP contribution < -0.4 is 0 Å². The van der Waals surface area contributed by atoms with Gasteiger partial charge in [-0.25, -0.2) is 9.78 Å². The second-order valence-corrected chi connectivity index (χ2v) is 5.44. The number of benzene rings is 1. The summed E-state index contributed by atoms with van der Waals surface area (Å²) in [7, 11) is 0. The van der Waals surface area contributed by atoms with E-state index in [1.807, 2.05) is 6.07 Å². The van der Waals surface area contributed by atoms with Gasteiger partial charge in [-0.1, -0.05) is 0 Å². The molecule has 5 nitrogen and oxygen atoms in total. The lowest BCUT2D eigenvalue weighted by molar-refractivity contribution is 0.0697. The van der Waals surface area contributed by atoms with Gasteiger partial charge in [0, 0.05) is 12.6 Å². The Balaban J connectivity index is 2.18. The highest BCUT2D eigenvalue weighted by Gasteiger charge is 2.25. The number of fused-ring (bicyclic) bond motifs is 1. The third-order valence-corrected chi connectivity index (χ3v) is 3.70. The van der Waals surface area contributed by atoms with Crippen molar-refractivity contribution in [3.8, 4) is 0 Å². The molecule has 0 radical (unpaired) electrons. The smallest absolute Gasteiger partial charge is 0.335 e. The monoisotopic (exact) mass is 274 g/mol. The fourth-order valence-corrected chi connectivity index (χ4v) is 2.80. The lowest BCUT2D eigenvalue weighted by Crippen LogP contribution is -2.10. The van der Waals surface area contributed by atoms with Crippen LogP contribution in [0.25, 0.3) is 11.0 Å². The number of ether oxygens (including phenoxy) is 1. The molecule has 0 aliphatic carbocycles. The Hall–Kier alpha value is -1.88. The summed E-state index contributed by atoms with van der Waals surface area (Å²) < 4.78 is 7.89. The highest BCUT2D eigenvalue weighted by Crippen LogP contribution is 2.32. The number of hydrogen-bond donors (Lipinski definition) is 1. The van der Waals surface area contributed by atoms with E-state index in [-0.39, 0.29) is 17.7 Å². The van der Waals surface area contributed by atoms with Crippen molar-refractivity contribution < 1.29 is 14.6 Å². The zero-order valence-electron chi connectivity index (χ0n) is 11.7. The van der Waals surface area contributed by atoms with Gasteiger partial charge in [0.05, 0.1) is 16.6 Å². The first-order chi connectivity index (χ1) is 9.58. The van der Waals surface area contributed by atoms with Crippen molar-refractivity contribution in [3.05, 3.63) is 29.6 Å². The van der Waals surface area contributed by atoms with Crippen molar-refractivity contribution in [3.63, 3.8) is 0 Å². The maximum absolute atomic E-state index is 11.1. The Kier molecular flexibility index (Phi) is 3.22. The van der Waals surface area contributed by atoms with E-state index in [1.54, 1.807) is 12.1 Å². The average Bonchev–Trinajstić information content (AvgIpc) is 3.04. The van der Waals surface area contributed by atoms with E-state index in [1.165, 1.54) is 0 Å². The van der Waals surface area contributed by atoms with Gasteiger partial charge in [-0.15, -0.1) is 0 Å². The molecule has 1 fully saturated rings. The normalized spacial score (nSPS) is 19.1. The van der Waals surface area contributed by atoms with Crippen molar-refractivity contribution in [2.75, 3.05) is 6.61 Å². The Morgan fingerprint density at radius 2 is 2.30 bits per heavy atom. The Bertz CT molecular complexity index is 654. The molecule has 0 spiro atoms. The van der Waals surface area contributed by atoms with E-state index in [4.69, 9.17) is 9.84 Å². The molecule has 5 heteroatoms. The molecule has 0 amide bonds. The predicted octanol–water partition coefficient (Wildman–Crippen LogP) is 3.17. The predicted molar refractivity (Wildman–Crippen MR) is 75.0 cm³/mol. The van der Waals surface area contributed by atoms with E-state index < -0.39 is 5.97 Å². The fraction of sp³-hybridized carbons (Fsp3) is 0.467. The van der Waals surface area contributed by atoms with Crippen LogP contribution in [0.1, 0.15) is 55.0 Å². The number of imidazole rings is 1. The van der Waals surface area contributed by atoms with E-state index in [0.29, 0.717) is 0 Å². The van der Waals surface area contributed by atoms with E-state index in [2.05, 4.69) is 23.4 Å². The number of carboxylic acids is 1. The third-order valence-electron chi connectivity index (χ3n) is 3.70. The molecule has 1 N–H and O–H groups in total. The summed E-state index contributed by atoms with van der Waals surface area (Å²) >= 11 is 0. The number of nitrogens with zero attached hydrogens (tertiary/aromatic N) is 2. The first-order valence-electron chi connectivity index (χ1n) is 6.94. The van der Waals surface area contributed by atoms with Crippen LogP contribution in [-0.4, -0.2) is 27.2 Å². The van der Waals surface area contributed by atoms with Crippen LogP contribution in [0.3, 0.4) is 0 Å². The average molecular weight is 274 g/mol. The van der Waals surface area contributed by atoms with Gasteiger partial charge in [-0.2, -0.15) is 0 Å². The molecule has 0 bridgehead atoms. The van der Waals surface area contributed by atoms with Gasteiger partial charge in [-0.05, 0) is 44.9 Å². The number of aromatic carboxylic acids is 1. The maximum Gasteiger partial charge on any atom is 0.335 e. The topological polar surface area (TPSA) is 64.4 Å². The molecule has 2 aromatic rings. The van der Waals surface area contributed by atoms with Crippen molar-refractivity contribution in [2.45, 2.75) is 38.8 Å². The zero-order chi connectivity index (χ0) is 14.3. The van der Waals surface area contributed by atoms with Gasteiger partial charge in [0.1, 0.15) is 11.9 Å². The molecule has 1 atom stereocenters. The second kappa shape index (κ2) is 4.90. The van der Waals surface area contributed by atoms with Crippen LogP contribution in [0.2, 0.25) is 0 Å². The molecule has 20 heavy (non-hydrogen) atoms. The van der Waals surface area contributed by atoms with Crippen molar-refractivity contribution in [2.24, 2.45) is 0 Å². The molecule has 106 valence electrons. The number of carbonyl (C=O) groups is 1. The van der Waals surface area contributed by atoms with E-state index in [0.717, 1.165) is 36.3 Å². The molecule has 2 heterocycles.